The highest BCUT2D eigenvalue weighted by Crippen LogP contribution is 2.35. The number of nitrogens with one attached hydrogen (secondary N) is 1. The molecule has 112 valence electrons. The lowest BCUT2D eigenvalue weighted by atomic mass is 10.2. The van der Waals surface area contributed by atoms with E-state index in [1.807, 2.05) is 26.2 Å². The zero-order valence-corrected chi connectivity index (χ0v) is 12.9. The minimum atomic E-state index is -0.424. The minimum Gasteiger partial charge on any atom is -0.484 e. The molecule has 0 aliphatic carbocycles. The van der Waals surface area contributed by atoms with E-state index < -0.39 is 4.92 Å². The number of anilines is 1. The van der Waals surface area contributed by atoms with Crippen molar-refractivity contribution in [1.29, 1.82) is 0 Å². The van der Waals surface area contributed by atoms with Gasteiger partial charge >= 0.3 is 5.69 Å². The van der Waals surface area contributed by atoms with Crippen LogP contribution >= 0.6 is 11.3 Å². The van der Waals surface area contributed by atoms with Gasteiger partial charge in [0.2, 0.25) is 0 Å². The molecule has 6 nitrogen and oxygen atoms in total. The molecule has 0 aliphatic rings. The van der Waals surface area contributed by atoms with Crippen LogP contribution < -0.4 is 10.1 Å². The first-order chi connectivity index (χ1) is 9.97. The van der Waals surface area contributed by atoms with E-state index in [1.54, 1.807) is 29.5 Å². The van der Waals surface area contributed by atoms with E-state index in [1.165, 1.54) is 0 Å². The van der Waals surface area contributed by atoms with Gasteiger partial charge in [-0.3, -0.25) is 10.1 Å². The number of aromatic nitrogens is 1. The quantitative estimate of drug-likeness (QED) is 0.649. The first kappa shape index (κ1) is 15.2. The molecule has 0 amide bonds. The number of nitro groups is 1. The predicted octanol–water partition coefficient (Wildman–Crippen LogP) is 3.76. The number of hydrogen-bond acceptors (Lipinski definition) is 6. The highest BCUT2D eigenvalue weighted by Gasteiger charge is 2.21. The number of aryl methyl sites for hydroxylation is 1. The fourth-order valence-electron chi connectivity index (χ4n) is 1.88. The van der Waals surface area contributed by atoms with Crippen molar-refractivity contribution in [3.8, 4) is 5.75 Å². The molecule has 0 radical (unpaired) electrons. The third kappa shape index (κ3) is 3.91. The zero-order chi connectivity index (χ0) is 15.4. The van der Waals surface area contributed by atoms with Crippen molar-refractivity contribution >= 4 is 22.7 Å². The average molecular weight is 307 g/mol. The third-order valence-electron chi connectivity index (χ3n) is 2.67. The summed E-state index contributed by atoms with van der Waals surface area (Å²) in [7, 11) is 0. The summed E-state index contributed by atoms with van der Waals surface area (Å²) in [6.45, 7) is 6.04. The van der Waals surface area contributed by atoms with Crippen LogP contribution in [-0.2, 0) is 6.54 Å². The van der Waals surface area contributed by atoms with Crippen LogP contribution in [0.1, 0.15) is 24.5 Å². The van der Waals surface area contributed by atoms with Gasteiger partial charge in [0.15, 0.2) is 5.75 Å². The van der Waals surface area contributed by atoms with E-state index in [-0.39, 0.29) is 17.5 Å². The van der Waals surface area contributed by atoms with E-state index in [9.17, 15) is 10.1 Å². The molecule has 0 atom stereocenters. The summed E-state index contributed by atoms with van der Waals surface area (Å²) in [5, 5.41) is 17.3. The number of para-hydroxylation sites is 1. The van der Waals surface area contributed by atoms with Crippen LogP contribution in [0.2, 0.25) is 0 Å². The highest BCUT2D eigenvalue weighted by atomic mass is 32.1. The Morgan fingerprint density at radius 2 is 2.24 bits per heavy atom. The van der Waals surface area contributed by atoms with E-state index >= 15 is 0 Å². The van der Waals surface area contributed by atoms with Crippen molar-refractivity contribution in [2.75, 3.05) is 5.32 Å². The lowest BCUT2D eigenvalue weighted by Gasteiger charge is -2.12. The molecule has 0 unspecified atom stereocenters. The lowest BCUT2D eigenvalue weighted by Crippen LogP contribution is -2.09. The van der Waals surface area contributed by atoms with Gasteiger partial charge in [0.25, 0.3) is 0 Å². The fourth-order valence-corrected chi connectivity index (χ4v) is 2.49. The third-order valence-corrected chi connectivity index (χ3v) is 3.49. The molecule has 0 aliphatic heterocycles. The molecule has 0 spiro atoms. The van der Waals surface area contributed by atoms with Gasteiger partial charge in [-0.25, -0.2) is 4.98 Å². The van der Waals surface area contributed by atoms with E-state index in [2.05, 4.69) is 10.3 Å². The smallest absolute Gasteiger partial charge is 0.333 e. The first-order valence-electron chi connectivity index (χ1n) is 6.56. The Morgan fingerprint density at radius 3 is 2.81 bits per heavy atom. The average Bonchev–Trinajstić information content (AvgIpc) is 2.81. The van der Waals surface area contributed by atoms with Gasteiger partial charge in [-0.2, -0.15) is 0 Å². The van der Waals surface area contributed by atoms with Gasteiger partial charge in [0.05, 0.1) is 28.3 Å². The van der Waals surface area contributed by atoms with Crippen molar-refractivity contribution < 1.29 is 9.66 Å². The van der Waals surface area contributed by atoms with Gasteiger partial charge in [0.1, 0.15) is 5.69 Å². The highest BCUT2D eigenvalue weighted by molar-refractivity contribution is 7.09. The van der Waals surface area contributed by atoms with Crippen LogP contribution in [0.25, 0.3) is 0 Å². The number of ether oxygens (including phenoxy) is 1. The SMILES string of the molecule is Cc1nc(CNc2cccc(OC(C)C)c2[N+](=O)[O-])cs1. The van der Waals surface area contributed by atoms with E-state index in [0.717, 1.165) is 10.7 Å². The van der Waals surface area contributed by atoms with Gasteiger partial charge in [-0.1, -0.05) is 6.07 Å². The maximum absolute atomic E-state index is 11.3. The van der Waals surface area contributed by atoms with Crippen LogP contribution in [0.15, 0.2) is 23.6 Å². The zero-order valence-electron chi connectivity index (χ0n) is 12.1. The van der Waals surface area contributed by atoms with Crippen molar-refractivity contribution in [2.24, 2.45) is 0 Å². The van der Waals surface area contributed by atoms with Gasteiger partial charge in [-0.05, 0) is 32.9 Å². The molecule has 1 aromatic carbocycles. The van der Waals surface area contributed by atoms with E-state index in [4.69, 9.17) is 4.74 Å². The normalized spacial score (nSPS) is 10.7. The number of thiazole rings is 1. The molecule has 21 heavy (non-hydrogen) atoms. The molecule has 0 fully saturated rings. The summed E-state index contributed by atoms with van der Waals surface area (Å²) in [5.41, 5.74) is 1.25. The van der Waals surface area contributed by atoms with E-state index in [0.29, 0.717) is 12.2 Å². The second-order valence-corrected chi connectivity index (χ2v) is 5.85. The van der Waals surface area contributed by atoms with Crippen LogP contribution in [0.5, 0.6) is 5.75 Å². The van der Waals surface area contributed by atoms with Gasteiger partial charge in [0, 0.05) is 5.38 Å². The van der Waals surface area contributed by atoms with Gasteiger partial charge < -0.3 is 10.1 Å². The van der Waals surface area contributed by atoms with Crippen LogP contribution in [0.3, 0.4) is 0 Å². The topological polar surface area (TPSA) is 77.3 Å². The number of rotatable bonds is 6. The van der Waals surface area contributed by atoms with Crippen molar-refractivity contribution in [3.63, 3.8) is 0 Å². The molecule has 0 bridgehead atoms. The molecule has 1 aromatic heterocycles. The van der Waals surface area contributed by atoms with Crippen LogP contribution in [-0.4, -0.2) is 16.0 Å². The largest absolute Gasteiger partial charge is 0.484 e. The number of benzene rings is 1. The molecular weight excluding hydrogens is 290 g/mol. The Morgan fingerprint density at radius 1 is 1.48 bits per heavy atom. The monoisotopic (exact) mass is 307 g/mol. The second-order valence-electron chi connectivity index (χ2n) is 4.79. The molecule has 2 aromatic rings. The fraction of sp³-hybridized carbons (Fsp3) is 0.357. The Bertz CT molecular complexity index is 640. The molecule has 1 heterocycles. The molecule has 1 N–H and O–H groups in total. The van der Waals surface area contributed by atoms with Crippen molar-refractivity contribution in [3.05, 3.63) is 44.4 Å². The first-order valence-corrected chi connectivity index (χ1v) is 7.44. The number of nitro benzene ring substituents is 1. The Hall–Kier alpha value is -2.15. The summed E-state index contributed by atoms with van der Waals surface area (Å²) in [6, 6.07) is 5.01. The molecular formula is C14H17N3O3S. The summed E-state index contributed by atoms with van der Waals surface area (Å²) in [4.78, 5) is 15.2. The summed E-state index contributed by atoms with van der Waals surface area (Å²) in [6.07, 6.45) is -0.125. The van der Waals surface area contributed by atoms with Crippen LogP contribution in [0, 0.1) is 17.0 Å². The molecule has 2 rings (SSSR count). The lowest BCUT2D eigenvalue weighted by molar-refractivity contribution is -0.385. The Labute approximate surface area is 126 Å². The van der Waals surface area contributed by atoms with Gasteiger partial charge in [-0.15, -0.1) is 11.3 Å². The predicted molar refractivity (Wildman–Crippen MR) is 83.0 cm³/mol. The maximum Gasteiger partial charge on any atom is 0.333 e. The van der Waals surface area contributed by atoms with Crippen LogP contribution in [0.4, 0.5) is 11.4 Å². The van der Waals surface area contributed by atoms with Crippen molar-refractivity contribution in [2.45, 2.75) is 33.4 Å². The number of hydrogen-bond donors (Lipinski definition) is 1. The molecule has 0 saturated carbocycles. The minimum absolute atomic E-state index is 0.0434. The van der Waals surface area contributed by atoms with Crippen molar-refractivity contribution in [1.82, 2.24) is 4.98 Å². The summed E-state index contributed by atoms with van der Waals surface area (Å²) >= 11 is 1.55. The molecule has 0 saturated heterocycles. The summed E-state index contributed by atoms with van der Waals surface area (Å²) in [5.74, 6) is 0.273. The summed E-state index contributed by atoms with van der Waals surface area (Å²) < 4.78 is 5.51. The number of nitrogens with zero attached hydrogens (tertiary/aromatic N) is 2. The Balaban J connectivity index is 2.23. The Kier molecular flexibility index (Phi) is 4.74. The second kappa shape index (κ2) is 6.53. The molecule has 7 heteroatoms. The standard InChI is InChI=1S/C14H17N3O3S/c1-9(2)20-13-6-4-5-12(14(13)17(18)19)15-7-11-8-21-10(3)16-11/h4-6,8-9,15H,7H2,1-3H3. The maximum atomic E-state index is 11.3.